The Bertz CT molecular complexity index is 1400. The zero-order valence-electron chi connectivity index (χ0n) is 19.9. The lowest BCUT2D eigenvalue weighted by Crippen LogP contribution is -2.04. The van der Waals surface area contributed by atoms with Crippen molar-refractivity contribution in [3.63, 3.8) is 0 Å². The van der Waals surface area contributed by atoms with Gasteiger partial charge >= 0.3 is 0 Å². The number of hydrogen-bond acceptors (Lipinski definition) is 7. The maximum Gasteiger partial charge on any atom is 0.287 e. The van der Waals surface area contributed by atoms with Crippen molar-refractivity contribution >= 4 is 28.5 Å². The van der Waals surface area contributed by atoms with Crippen LogP contribution in [0.5, 0.6) is 11.5 Å². The van der Waals surface area contributed by atoms with Crippen LogP contribution in [0.15, 0.2) is 90.7 Å². The first-order valence-electron chi connectivity index (χ1n) is 11.5. The van der Waals surface area contributed by atoms with Crippen LogP contribution in [0.25, 0.3) is 10.8 Å². The predicted octanol–water partition coefficient (Wildman–Crippen LogP) is 6.30. The number of nitrogens with one attached hydrogen (secondary N) is 1. The Kier molecular flexibility index (Phi) is 7.87. The van der Waals surface area contributed by atoms with E-state index >= 15 is 0 Å². The molecule has 0 fully saturated rings. The van der Waals surface area contributed by atoms with Crippen LogP contribution < -0.4 is 14.9 Å². The fourth-order valence-electron chi connectivity index (χ4n) is 3.71. The van der Waals surface area contributed by atoms with Gasteiger partial charge in [0.2, 0.25) is 0 Å². The van der Waals surface area contributed by atoms with E-state index in [2.05, 4.69) is 52.4 Å². The molecule has 3 aromatic carbocycles. The number of nitro groups is 1. The summed E-state index contributed by atoms with van der Waals surface area (Å²) >= 11 is 0. The van der Waals surface area contributed by atoms with Gasteiger partial charge in [-0.15, -0.1) is 6.58 Å². The molecule has 4 rings (SSSR count). The molecule has 8 nitrogen and oxygen atoms in total. The second-order valence-electron chi connectivity index (χ2n) is 7.93. The molecule has 1 aromatic heterocycles. The van der Waals surface area contributed by atoms with Crippen LogP contribution in [0.3, 0.4) is 0 Å². The van der Waals surface area contributed by atoms with E-state index in [1.165, 1.54) is 23.7 Å². The fraction of sp³-hybridized carbons (Fsp3) is 0.143. The molecule has 4 aromatic rings. The summed E-state index contributed by atoms with van der Waals surface area (Å²) in [6.45, 7) is 6.67. The minimum Gasteiger partial charge on any atom is -0.490 e. The van der Waals surface area contributed by atoms with Crippen molar-refractivity contribution < 1.29 is 14.4 Å². The van der Waals surface area contributed by atoms with Crippen LogP contribution in [-0.4, -0.2) is 22.7 Å². The van der Waals surface area contributed by atoms with E-state index in [4.69, 9.17) is 9.47 Å². The summed E-state index contributed by atoms with van der Waals surface area (Å²) in [4.78, 5) is 14.3. The summed E-state index contributed by atoms with van der Waals surface area (Å²) < 4.78 is 12.2. The molecule has 0 atom stereocenters. The number of nitrogens with zero attached hydrogens (tertiary/aromatic N) is 3. The summed E-state index contributed by atoms with van der Waals surface area (Å²) in [5.41, 5.74) is 5.48. The van der Waals surface area contributed by atoms with Gasteiger partial charge in [0.25, 0.3) is 5.69 Å². The summed E-state index contributed by atoms with van der Waals surface area (Å²) in [6, 6.07) is 21.2. The van der Waals surface area contributed by atoms with Gasteiger partial charge in [0, 0.05) is 11.6 Å². The van der Waals surface area contributed by atoms with E-state index in [-0.39, 0.29) is 5.69 Å². The van der Waals surface area contributed by atoms with Crippen molar-refractivity contribution in [3.05, 3.63) is 112 Å². The molecule has 1 heterocycles. The van der Waals surface area contributed by atoms with E-state index in [1.54, 1.807) is 6.21 Å². The SMILES string of the molecule is C=CCc1cc(/C=N/Nc2ccc([N+](=O)[O-])cn2)cc(OCC)c1OCc1ccc2ccccc2c1. The highest BCUT2D eigenvalue weighted by Crippen LogP contribution is 2.34. The smallest absolute Gasteiger partial charge is 0.287 e. The maximum absolute atomic E-state index is 10.8. The zero-order valence-corrected chi connectivity index (χ0v) is 19.9. The van der Waals surface area contributed by atoms with Crippen molar-refractivity contribution in [1.82, 2.24) is 4.98 Å². The molecular formula is C28H26N4O4. The minimum atomic E-state index is -0.500. The number of hydrogen-bond donors (Lipinski definition) is 1. The Morgan fingerprint density at radius 3 is 2.64 bits per heavy atom. The predicted molar refractivity (Wildman–Crippen MR) is 142 cm³/mol. The first-order valence-corrected chi connectivity index (χ1v) is 11.5. The lowest BCUT2D eigenvalue weighted by atomic mass is 10.1. The van der Waals surface area contributed by atoms with E-state index in [1.807, 2.05) is 37.3 Å². The molecule has 0 aliphatic heterocycles. The fourth-order valence-corrected chi connectivity index (χ4v) is 3.71. The van der Waals surface area contributed by atoms with Crippen LogP contribution in [0.2, 0.25) is 0 Å². The minimum absolute atomic E-state index is 0.0840. The average Bonchev–Trinajstić information content (AvgIpc) is 2.89. The van der Waals surface area contributed by atoms with Gasteiger partial charge in [-0.3, -0.25) is 15.5 Å². The van der Waals surface area contributed by atoms with Crippen molar-refractivity contribution in [1.29, 1.82) is 0 Å². The summed E-state index contributed by atoms with van der Waals surface area (Å²) in [7, 11) is 0. The van der Waals surface area contributed by atoms with E-state index in [0.29, 0.717) is 37.0 Å². The molecule has 182 valence electrons. The highest BCUT2D eigenvalue weighted by molar-refractivity contribution is 5.83. The molecule has 8 heteroatoms. The maximum atomic E-state index is 10.8. The normalized spacial score (nSPS) is 10.9. The molecule has 0 saturated carbocycles. The molecule has 0 saturated heterocycles. The number of ether oxygens (including phenoxy) is 2. The van der Waals surface area contributed by atoms with Gasteiger partial charge in [0.1, 0.15) is 18.6 Å². The van der Waals surface area contributed by atoms with Gasteiger partial charge in [-0.1, -0.05) is 42.5 Å². The van der Waals surface area contributed by atoms with Gasteiger partial charge in [0.05, 0.1) is 17.7 Å². The van der Waals surface area contributed by atoms with Crippen molar-refractivity contribution in [2.45, 2.75) is 20.0 Å². The lowest BCUT2D eigenvalue weighted by Gasteiger charge is -2.17. The number of allylic oxidation sites excluding steroid dienone is 1. The number of rotatable bonds is 11. The Labute approximate surface area is 209 Å². The monoisotopic (exact) mass is 482 g/mol. The highest BCUT2D eigenvalue weighted by atomic mass is 16.6. The Hall–Kier alpha value is -4.72. The third kappa shape index (κ3) is 6.04. The molecule has 1 N–H and O–H groups in total. The van der Waals surface area contributed by atoms with E-state index in [9.17, 15) is 10.1 Å². The Morgan fingerprint density at radius 2 is 1.92 bits per heavy atom. The van der Waals surface area contributed by atoms with Crippen LogP contribution in [0.1, 0.15) is 23.6 Å². The van der Waals surface area contributed by atoms with Crippen LogP contribution in [-0.2, 0) is 13.0 Å². The first-order chi connectivity index (χ1) is 17.6. The molecule has 0 radical (unpaired) electrons. The Balaban J connectivity index is 1.54. The average molecular weight is 483 g/mol. The second-order valence-corrected chi connectivity index (χ2v) is 7.93. The zero-order chi connectivity index (χ0) is 25.3. The molecular weight excluding hydrogens is 456 g/mol. The van der Waals surface area contributed by atoms with Gasteiger partial charge in [-0.05, 0) is 59.5 Å². The van der Waals surface area contributed by atoms with Crippen molar-refractivity contribution in [3.8, 4) is 11.5 Å². The third-order valence-corrected chi connectivity index (χ3v) is 5.37. The molecule has 0 aliphatic carbocycles. The largest absolute Gasteiger partial charge is 0.490 e. The molecule has 0 aliphatic rings. The summed E-state index contributed by atoms with van der Waals surface area (Å²) in [5.74, 6) is 1.68. The van der Waals surface area contributed by atoms with Gasteiger partial charge in [-0.25, -0.2) is 4.98 Å². The number of aromatic nitrogens is 1. The van der Waals surface area contributed by atoms with Gasteiger partial charge < -0.3 is 9.47 Å². The van der Waals surface area contributed by atoms with Crippen LogP contribution in [0, 0.1) is 10.1 Å². The third-order valence-electron chi connectivity index (χ3n) is 5.37. The molecule has 0 bridgehead atoms. The Morgan fingerprint density at radius 1 is 1.08 bits per heavy atom. The standard InChI is InChI=1S/C28H26N4O4/c1-3-7-24-15-21(17-30-31-27-13-12-25(18-29-27)32(33)34)16-26(35-4-2)28(24)36-19-20-10-11-22-8-5-6-9-23(22)14-20/h3,5-6,8-18H,1,4,7,19H2,2H3,(H,29,31)/b30-17+. The van der Waals surface area contributed by atoms with Crippen LogP contribution in [0.4, 0.5) is 11.5 Å². The number of fused-ring (bicyclic) bond motifs is 1. The summed E-state index contributed by atoms with van der Waals surface area (Å²) in [6.07, 6.45) is 5.21. The van der Waals surface area contributed by atoms with Gasteiger partial charge in [0.15, 0.2) is 11.5 Å². The summed E-state index contributed by atoms with van der Waals surface area (Å²) in [5, 5.41) is 17.3. The van der Waals surface area contributed by atoms with Crippen molar-refractivity contribution in [2.75, 3.05) is 12.0 Å². The molecule has 0 amide bonds. The van der Waals surface area contributed by atoms with E-state index < -0.39 is 4.92 Å². The van der Waals surface area contributed by atoms with Crippen molar-refractivity contribution in [2.24, 2.45) is 5.10 Å². The quantitative estimate of drug-likeness (QED) is 0.117. The van der Waals surface area contributed by atoms with Gasteiger partial charge in [-0.2, -0.15) is 5.10 Å². The highest BCUT2D eigenvalue weighted by Gasteiger charge is 2.14. The molecule has 0 spiro atoms. The first kappa shape index (κ1) is 24.4. The van der Waals surface area contributed by atoms with E-state index in [0.717, 1.165) is 22.1 Å². The molecule has 0 unspecified atom stereocenters. The van der Waals surface area contributed by atoms with Crippen LogP contribution >= 0.6 is 0 Å². The number of hydrazone groups is 1. The number of benzene rings is 3. The number of anilines is 1. The number of pyridine rings is 1. The topological polar surface area (TPSA) is 98.9 Å². The lowest BCUT2D eigenvalue weighted by molar-refractivity contribution is -0.385. The second kappa shape index (κ2) is 11.6. The molecule has 36 heavy (non-hydrogen) atoms.